The molecule has 2 saturated heterocycles. The van der Waals surface area contributed by atoms with Crippen molar-refractivity contribution in [2.45, 2.75) is 18.4 Å². The van der Waals surface area contributed by atoms with Gasteiger partial charge in [0.1, 0.15) is 5.60 Å². The molecule has 2 fully saturated rings. The van der Waals surface area contributed by atoms with Crippen LogP contribution in [0.1, 0.15) is 12.8 Å². The van der Waals surface area contributed by atoms with Crippen molar-refractivity contribution in [2.24, 2.45) is 0 Å². The summed E-state index contributed by atoms with van der Waals surface area (Å²) >= 11 is 0. The Labute approximate surface area is 119 Å². The number of rotatable bonds is 3. The number of hydrogen-bond acceptors (Lipinski definition) is 5. The first-order valence-electron chi connectivity index (χ1n) is 7.08. The highest BCUT2D eigenvalue weighted by molar-refractivity contribution is 6.35. The van der Waals surface area contributed by atoms with Crippen LogP contribution in [0.15, 0.2) is 0 Å². The predicted molar refractivity (Wildman–Crippen MR) is 72.3 cm³/mol. The van der Waals surface area contributed by atoms with E-state index >= 15 is 0 Å². The van der Waals surface area contributed by atoms with Gasteiger partial charge in [0, 0.05) is 46.3 Å². The third-order valence-corrected chi connectivity index (χ3v) is 3.89. The normalized spacial score (nSPS) is 27.1. The molecular weight excluding hydrogens is 262 g/mol. The second-order valence-corrected chi connectivity index (χ2v) is 5.27. The topological polar surface area (TPSA) is 79.9 Å². The van der Waals surface area contributed by atoms with Gasteiger partial charge in [-0.25, -0.2) is 0 Å². The van der Waals surface area contributed by atoms with E-state index in [9.17, 15) is 9.59 Å². The third-order valence-electron chi connectivity index (χ3n) is 3.89. The molecule has 7 nitrogen and oxygen atoms in total. The maximum absolute atomic E-state index is 12.1. The van der Waals surface area contributed by atoms with Gasteiger partial charge in [0.25, 0.3) is 0 Å². The molecular formula is C13H23N3O4. The van der Waals surface area contributed by atoms with Crippen molar-refractivity contribution < 1.29 is 19.1 Å². The first-order chi connectivity index (χ1) is 9.67. The van der Waals surface area contributed by atoms with Crippen molar-refractivity contribution in [2.75, 3.05) is 53.0 Å². The molecule has 114 valence electrons. The second-order valence-electron chi connectivity index (χ2n) is 5.27. The summed E-state index contributed by atoms with van der Waals surface area (Å²) in [6, 6.07) is 0. The summed E-state index contributed by atoms with van der Waals surface area (Å²) in [4.78, 5) is 25.6. The number of methoxy groups -OCH3 is 1. The smallest absolute Gasteiger partial charge is 0.311 e. The van der Waals surface area contributed by atoms with E-state index in [1.807, 2.05) is 0 Å². The number of nitrogens with zero attached hydrogens (tertiary/aromatic N) is 1. The highest BCUT2D eigenvalue weighted by Gasteiger charge is 2.36. The van der Waals surface area contributed by atoms with E-state index in [-0.39, 0.29) is 0 Å². The molecule has 0 saturated carbocycles. The summed E-state index contributed by atoms with van der Waals surface area (Å²) in [5.74, 6) is -1.02. The van der Waals surface area contributed by atoms with E-state index in [2.05, 4.69) is 10.6 Å². The largest absolute Gasteiger partial charge is 0.378 e. The minimum absolute atomic E-state index is 0.306. The fraction of sp³-hybridized carbons (Fsp3) is 0.846. The average Bonchev–Trinajstić information content (AvgIpc) is 2.78. The number of ether oxygens (including phenoxy) is 2. The number of amides is 2. The SMILES string of the molecule is COC1(CNC(=O)C(=O)N2CCCNCC2)CCOC1. The average molecular weight is 285 g/mol. The zero-order valence-electron chi connectivity index (χ0n) is 11.9. The minimum Gasteiger partial charge on any atom is -0.378 e. The fourth-order valence-corrected chi connectivity index (χ4v) is 2.47. The maximum Gasteiger partial charge on any atom is 0.311 e. The lowest BCUT2D eigenvalue weighted by Gasteiger charge is -2.26. The Kier molecular flexibility index (Phi) is 5.33. The van der Waals surface area contributed by atoms with Crippen molar-refractivity contribution in [3.8, 4) is 0 Å². The lowest BCUT2D eigenvalue weighted by atomic mass is 10.0. The summed E-state index contributed by atoms with van der Waals surface area (Å²) in [6.45, 7) is 4.19. The van der Waals surface area contributed by atoms with Crippen LogP contribution in [-0.2, 0) is 19.1 Å². The number of hydrogen-bond donors (Lipinski definition) is 2. The van der Waals surface area contributed by atoms with Crippen molar-refractivity contribution in [3.63, 3.8) is 0 Å². The molecule has 0 bridgehead atoms. The van der Waals surface area contributed by atoms with Crippen LogP contribution in [0.5, 0.6) is 0 Å². The first kappa shape index (κ1) is 15.2. The van der Waals surface area contributed by atoms with Crippen LogP contribution >= 0.6 is 0 Å². The van der Waals surface area contributed by atoms with Gasteiger partial charge in [0.2, 0.25) is 0 Å². The summed E-state index contributed by atoms with van der Waals surface area (Å²) < 4.78 is 10.7. The molecule has 20 heavy (non-hydrogen) atoms. The van der Waals surface area contributed by atoms with Crippen LogP contribution in [0.4, 0.5) is 0 Å². The fourth-order valence-electron chi connectivity index (χ4n) is 2.47. The van der Waals surface area contributed by atoms with Crippen molar-refractivity contribution in [1.82, 2.24) is 15.5 Å². The van der Waals surface area contributed by atoms with Crippen LogP contribution in [-0.4, -0.2) is 75.4 Å². The van der Waals surface area contributed by atoms with E-state index in [1.165, 1.54) is 0 Å². The quantitative estimate of drug-likeness (QED) is 0.632. The molecule has 7 heteroatoms. The van der Waals surface area contributed by atoms with Gasteiger partial charge in [-0.2, -0.15) is 0 Å². The Hall–Kier alpha value is -1.18. The van der Waals surface area contributed by atoms with Crippen LogP contribution in [0.2, 0.25) is 0 Å². The lowest BCUT2D eigenvalue weighted by Crippen LogP contribution is -2.50. The number of carbonyl (C=O) groups is 2. The lowest BCUT2D eigenvalue weighted by molar-refractivity contribution is -0.146. The molecule has 0 aromatic carbocycles. The van der Waals surface area contributed by atoms with Crippen LogP contribution < -0.4 is 10.6 Å². The van der Waals surface area contributed by atoms with Crippen LogP contribution in [0.3, 0.4) is 0 Å². The minimum atomic E-state index is -0.560. The van der Waals surface area contributed by atoms with Gasteiger partial charge >= 0.3 is 11.8 Å². The molecule has 0 aromatic heterocycles. The molecule has 2 aliphatic rings. The zero-order valence-corrected chi connectivity index (χ0v) is 11.9. The Balaban J connectivity index is 1.82. The summed E-state index contributed by atoms with van der Waals surface area (Å²) in [5.41, 5.74) is -0.490. The Morgan fingerprint density at radius 1 is 1.40 bits per heavy atom. The predicted octanol–water partition coefficient (Wildman–Crippen LogP) is -1.27. The molecule has 2 heterocycles. The van der Waals surface area contributed by atoms with E-state index < -0.39 is 17.4 Å². The Bertz CT molecular complexity index is 348. The van der Waals surface area contributed by atoms with Gasteiger partial charge < -0.3 is 25.0 Å². The molecule has 0 aromatic rings. The van der Waals surface area contributed by atoms with E-state index in [0.717, 1.165) is 25.9 Å². The van der Waals surface area contributed by atoms with Crippen LogP contribution in [0.25, 0.3) is 0 Å². The first-order valence-corrected chi connectivity index (χ1v) is 7.08. The van der Waals surface area contributed by atoms with Crippen molar-refractivity contribution in [1.29, 1.82) is 0 Å². The number of carbonyl (C=O) groups excluding carboxylic acids is 2. The second kappa shape index (κ2) is 7.01. The van der Waals surface area contributed by atoms with E-state index in [4.69, 9.17) is 9.47 Å². The molecule has 0 aliphatic carbocycles. The van der Waals surface area contributed by atoms with Gasteiger partial charge in [0.15, 0.2) is 0 Å². The molecule has 0 radical (unpaired) electrons. The maximum atomic E-state index is 12.1. The standard InChI is InChI=1S/C13H23N3O4/c1-19-13(3-8-20-10-13)9-15-11(17)12(18)16-6-2-4-14-5-7-16/h14H,2-10H2,1H3,(H,15,17). The van der Waals surface area contributed by atoms with Crippen LogP contribution in [0, 0.1) is 0 Å². The van der Waals surface area contributed by atoms with E-state index in [1.54, 1.807) is 12.0 Å². The zero-order chi connectivity index (χ0) is 14.4. The summed E-state index contributed by atoms with van der Waals surface area (Å²) in [6.07, 6.45) is 1.60. The van der Waals surface area contributed by atoms with Gasteiger partial charge in [-0.3, -0.25) is 9.59 Å². The van der Waals surface area contributed by atoms with Gasteiger partial charge in [-0.05, 0) is 13.0 Å². The third kappa shape index (κ3) is 3.68. The molecule has 1 atom stereocenters. The van der Waals surface area contributed by atoms with Crippen molar-refractivity contribution in [3.05, 3.63) is 0 Å². The monoisotopic (exact) mass is 285 g/mol. The van der Waals surface area contributed by atoms with E-state index in [0.29, 0.717) is 32.8 Å². The summed E-state index contributed by atoms with van der Waals surface area (Å²) in [5, 5.41) is 5.88. The highest BCUT2D eigenvalue weighted by Crippen LogP contribution is 2.21. The van der Waals surface area contributed by atoms with Gasteiger partial charge in [0.05, 0.1) is 6.61 Å². The molecule has 2 aliphatic heterocycles. The molecule has 1 unspecified atom stereocenters. The Morgan fingerprint density at radius 2 is 2.25 bits per heavy atom. The summed E-state index contributed by atoms with van der Waals surface area (Å²) in [7, 11) is 1.60. The molecule has 2 rings (SSSR count). The van der Waals surface area contributed by atoms with Crippen molar-refractivity contribution >= 4 is 11.8 Å². The number of nitrogens with one attached hydrogen (secondary N) is 2. The Morgan fingerprint density at radius 3 is 2.95 bits per heavy atom. The molecule has 0 spiro atoms. The molecule has 2 amide bonds. The highest BCUT2D eigenvalue weighted by atomic mass is 16.5. The van der Waals surface area contributed by atoms with Gasteiger partial charge in [-0.15, -0.1) is 0 Å². The van der Waals surface area contributed by atoms with Gasteiger partial charge in [-0.1, -0.05) is 0 Å². The molecule has 2 N–H and O–H groups in total.